The quantitative estimate of drug-likeness (QED) is 0.671. The van der Waals surface area contributed by atoms with E-state index in [-0.39, 0.29) is 22.5 Å². The molecule has 2 aromatic rings. The van der Waals surface area contributed by atoms with Gasteiger partial charge in [0.15, 0.2) is 6.19 Å². The summed E-state index contributed by atoms with van der Waals surface area (Å²) in [5, 5.41) is 11.5. The Kier molecular flexibility index (Phi) is 4.13. The normalized spacial score (nSPS) is 9.90. The zero-order valence-corrected chi connectivity index (χ0v) is 11.7. The van der Waals surface area contributed by atoms with Crippen molar-refractivity contribution in [1.82, 2.24) is 9.97 Å². The zero-order valence-electron chi connectivity index (χ0n) is 10.2. The van der Waals surface area contributed by atoms with E-state index in [9.17, 15) is 4.79 Å². The molecule has 6 nitrogen and oxygen atoms in total. The summed E-state index contributed by atoms with van der Waals surface area (Å²) >= 11 is 11.7. The Labute approximate surface area is 123 Å². The molecule has 102 valence electrons. The van der Waals surface area contributed by atoms with Gasteiger partial charge in [0, 0.05) is 5.02 Å². The molecular weight excluding hydrogens is 303 g/mol. The van der Waals surface area contributed by atoms with Crippen molar-refractivity contribution in [2.24, 2.45) is 0 Å². The lowest BCUT2D eigenvalue weighted by Gasteiger charge is -2.09. The van der Waals surface area contributed by atoms with E-state index in [1.807, 2.05) is 0 Å². The molecule has 0 radical (unpaired) electrons. The number of halogens is 2. The highest BCUT2D eigenvalue weighted by molar-refractivity contribution is 6.35. The first-order valence-corrected chi connectivity index (χ1v) is 6.16. The van der Waals surface area contributed by atoms with E-state index in [0.29, 0.717) is 10.7 Å². The van der Waals surface area contributed by atoms with E-state index in [0.717, 1.165) is 0 Å². The Morgan fingerprint density at radius 3 is 2.80 bits per heavy atom. The van der Waals surface area contributed by atoms with E-state index in [1.54, 1.807) is 25.2 Å². The second-order valence-electron chi connectivity index (χ2n) is 3.74. The summed E-state index contributed by atoms with van der Waals surface area (Å²) < 4.78 is 5.45. The molecule has 0 aliphatic heterocycles. The Morgan fingerprint density at radius 1 is 1.45 bits per heavy atom. The van der Waals surface area contributed by atoms with Gasteiger partial charge in [0.2, 0.25) is 11.7 Å². The van der Waals surface area contributed by atoms with Crippen LogP contribution in [0.5, 0.6) is 11.5 Å². The first-order chi connectivity index (χ1) is 9.51. The largest absolute Gasteiger partial charge is 0.448 e. The number of benzene rings is 1. The van der Waals surface area contributed by atoms with Gasteiger partial charge in [0.25, 0.3) is 5.56 Å². The summed E-state index contributed by atoms with van der Waals surface area (Å²) in [5.74, 6) is 0.328. The van der Waals surface area contributed by atoms with Crippen LogP contribution in [0.2, 0.25) is 10.0 Å². The van der Waals surface area contributed by atoms with Gasteiger partial charge in [-0.3, -0.25) is 15.1 Å². The minimum absolute atomic E-state index is 0.00212. The lowest BCUT2D eigenvalue weighted by atomic mass is 10.3. The maximum atomic E-state index is 11.9. The second kappa shape index (κ2) is 5.82. The Balaban J connectivity index is 2.39. The number of H-pyrrole nitrogens is 1. The van der Waals surface area contributed by atoms with Crippen molar-refractivity contribution < 1.29 is 4.74 Å². The van der Waals surface area contributed by atoms with E-state index in [1.165, 1.54) is 6.07 Å². The van der Waals surface area contributed by atoms with Gasteiger partial charge in [-0.05, 0) is 25.1 Å². The van der Waals surface area contributed by atoms with E-state index < -0.39 is 5.56 Å². The number of aromatic amines is 1. The number of hydrogen-bond acceptors (Lipinski definition) is 5. The molecule has 0 spiro atoms. The summed E-state index contributed by atoms with van der Waals surface area (Å²) in [6.45, 7) is 1.58. The highest BCUT2D eigenvalue weighted by Gasteiger charge is 2.12. The molecule has 0 aliphatic rings. The minimum atomic E-state index is -0.527. The minimum Gasteiger partial charge on any atom is -0.448 e. The molecule has 0 saturated carbocycles. The molecular formula is C12H8Cl2N4O2. The smallest absolute Gasteiger partial charge is 0.295 e. The molecule has 1 aromatic heterocycles. The van der Waals surface area contributed by atoms with Crippen molar-refractivity contribution in [3.8, 4) is 17.7 Å². The van der Waals surface area contributed by atoms with Crippen LogP contribution in [-0.4, -0.2) is 9.97 Å². The highest BCUT2D eigenvalue weighted by atomic mass is 35.5. The number of nitrogens with zero attached hydrogens (tertiary/aromatic N) is 2. The summed E-state index contributed by atoms with van der Waals surface area (Å²) in [4.78, 5) is 18.2. The van der Waals surface area contributed by atoms with E-state index >= 15 is 0 Å². The maximum absolute atomic E-state index is 11.9. The molecule has 1 heterocycles. The van der Waals surface area contributed by atoms with Crippen LogP contribution in [0.4, 0.5) is 5.95 Å². The molecule has 0 atom stereocenters. The third-order valence-corrected chi connectivity index (χ3v) is 2.86. The SMILES string of the molecule is Cc1nc(NC#N)[nH]c(=O)c1Oc1ccc(Cl)cc1Cl. The lowest BCUT2D eigenvalue weighted by Crippen LogP contribution is -2.14. The second-order valence-corrected chi connectivity index (χ2v) is 4.59. The molecule has 0 aliphatic carbocycles. The number of rotatable bonds is 3. The van der Waals surface area contributed by atoms with Crippen molar-refractivity contribution in [1.29, 1.82) is 5.26 Å². The van der Waals surface area contributed by atoms with E-state index in [2.05, 4.69) is 15.3 Å². The number of hydrogen-bond donors (Lipinski definition) is 2. The van der Waals surface area contributed by atoms with Crippen LogP contribution in [0.15, 0.2) is 23.0 Å². The predicted octanol–water partition coefficient (Wildman–Crippen LogP) is 3.07. The van der Waals surface area contributed by atoms with Crippen LogP contribution in [0.25, 0.3) is 0 Å². The zero-order chi connectivity index (χ0) is 14.7. The number of anilines is 1. The fourth-order valence-corrected chi connectivity index (χ4v) is 1.92. The van der Waals surface area contributed by atoms with Crippen molar-refractivity contribution in [2.45, 2.75) is 6.92 Å². The third kappa shape index (κ3) is 3.02. The monoisotopic (exact) mass is 310 g/mol. The van der Waals surface area contributed by atoms with Crippen LogP contribution in [0.1, 0.15) is 5.69 Å². The van der Waals surface area contributed by atoms with Crippen LogP contribution in [0, 0.1) is 18.4 Å². The fourth-order valence-electron chi connectivity index (χ4n) is 1.48. The summed E-state index contributed by atoms with van der Waals surface area (Å²) in [5.41, 5.74) is -0.209. The predicted molar refractivity (Wildman–Crippen MR) is 75.4 cm³/mol. The first-order valence-electron chi connectivity index (χ1n) is 5.40. The van der Waals surface area contributed by atoms with Gasteiger partial charge in [-0.15, -0.1) is 0 Å². The molecule has 8 heteroatoms. The highest BCUT2D eigenvalue weighted by Crippen LogP contribution is 2.31. The molecule has 0 saturated heterocycles. The molecule has 0 fully saturated rings. The first kappa shape index (κ1) is 14.2. The lowest BCUT2D eigenvalue weighted by molar-refractivity contribution is 0.467. The Hall–Kier alpha value is -2.23. The average Bonchev–Trinajstić information content (AvgIpc) is 2.36. The van der Waals surface area contributed by atoms with Gasteiger partial charge < -0.3 is 4.74 Å². The number of aromatic nitrogens is 2. The van der Waals surface area contributed by atoms with Gasteiger partial charge in [0.1, 0.15) is 5.75 Å². The molecule has 0 bridgehead atoms. The molecule has 20 heavy (non-hydrogen) atoms. The van der Waals surface area contributed by atoms with E-state index in [4.69, 9.17) is 33.2 Å². The van der Waals surface area contributed by atoms with Crippen LogP contribution in [-0.2, 0) is 0 Å². The number of nitriles is 1. The average molecular weight is 311 g/mol. The molecule has 0 amide bonds. The van der Waals surface area contributed by atoms with Crippen molar-refractivity contribution >= 4 is 29.2 Å². The summed E-state index contributed by atoms with van der Waals surface area (Å²) in [7, 11) is 0. The van der Waals surface area contributed by atoms with Crippen LogP contribution in [0.3, 0.4) is 0 Å². The Bertz CT molecular complexity index is 752. The maximum Gasteiger partial charge on any atom is 0.295 e. The van der Waals surface area contributed by atoms with Crippen LogP contribution < -0.4 is 15.6 Å². The van der Waals surface area contributed by atoms with Crippen molar-refractivity contribution in [3.05, 3.63) is 44.3 Å². The number of aryl methyl sites for hydroxylation is 1. The summed E-state index contributed by atoms with van der Waals surface area (Å²) in [6.07, 6.45) is 1.66. The van der Waals surface area contributed by atoms with Crippen molar-refractivity contribution in [2.75, 3.05) is 5.32 Å². The number of ether oxygens (including phenoxy) is 1. The molecule has 1 aromatic carbocycles. The third-order valence-electron chi connectivity index (χ3n) is 2.33. The van der Waals surface area contributed by atoms with Gasteiger partial charge >= 0.3 is 0 Å². The van der Waals surface area contributed by atoms with Gasteiger partial charge in [0.05, 0.1) is 10.7 Å². The van der Waals surface area contributed by atoms with Crippen LogP contribution >= 0.6 is 23.2 Å². The summed E-state index contributed by atoms with van der Waals surface area (Å²) in [6, 6.07) is 4.64. The standard InChI is InChI=1S/C12H8Cl2N4O2/c1-6-10(11(19)18-12(17-6)16-5-15)20-9-3-2-7(13)4-8(9)14/h2-4H,1H3,(H2,16,17,18,19). The molecule has 2 N–H and O–H groups in total. The molecule has 2 rings (SSSR count). The van der Waals surface area contributed by atoms with Crippen molar-refractivity contribution in [3.63, 3.8) is 0 Å². The van der Waals surface area contributed by atoms with Gasteiger partial charge in [-0.1, -0.05) is 23.2 Å². The molecule has 0 unspecified atom stereocenters. The number of nitrogens with one attached hydrogen (secondary N) is 2. The Morgan fingerprint density at radius 2 is 2.20 bits per heavy atom. The fraction of sp³-hybridized carbons (Fsp3) is 0.0833. The van der Waals surface area contributed by atoms with Gasteiger partial charge in [-0.2, -0.15) is 5.26 Å². The topological polar surface area (TPSA) is 90.8 Å². The van der Waals surface area contributed by atoms with Gasteiger partial charge in [-0.25, -0.2) is 4.98 Å².